The SMILES string of the molecule is CC(C)NC(=O)c1ccccc1NC(=O)Cc1cccs1. The van der Waals surface area contributed by atoms with Gasteiger partial charge in [0.25, 0.3) is 5.91 Å². The highest BCUT2D eigenvalue weighted by Gasteiger charge is 2.14. The molecule has 2 rings (SSSR count). The summed E-state index contributed by atoms with van der Waals surface area (Å²) in [5.74, 6) is -0.306. The Bertz CT molecular complexity index is 621. The average molecular weight is 302 g/mol. The number of benzene rings is 1. The van der Waals surface area contributed by atoms with E-state index in [4.69, 9.17) is 0 Å². The number of rotatable bonds is 5. The Kier molecular flexibility index (Phi) is 5.11. The van der Waals surface area contributed by atoms with Crippen LogP contribution in [0.5, 0.6) is 0 Å². The topological polar surface area (TPSA) is 58.2 Å². The molecule has 5 heteroatoms. The van der Waals surface area contributed by atoms with E-state index in [2.05, 4.69) is 10.6 Å². The van der Waals surface area contributed by atoms with Crippen molar-refractivity contribution < 1.29 is 9.59 Å². The molecule has 0 saturated carbocycles. The lowest BCUT2D eigenvalue weighted by atomic mass is 10.1. The number of nitrogens with one attached hydrogen (secondary N) is 2. The van der Waals surface area contributed by atoms with E-state index < -0.39 is 0 Å². The van der Waals surface area contributed by atoms with Crippen molar-refractivity contribution in [1.82, 2.24) is 5.32 Å². The number of hydrogen-bond donors (Lipinski definition) is 2. The van der Waals surface area contributed by atoms with Gasteiger partial charge in [-0.1, -0.05) is 18.2 Å². The van der Waals surface area contributed by atoms with Crippen molar-refractivity contribution in [3.63, 3.8) is 0 Å². The van der Waals surface area contributed by atoms with Crippen LogP contribution in [0.15, 0.2) is 41.8 Å². The highest BCUT2D eigenvalue weighted by molar-refractivity contribution is 7.10. The molecule has 0 saturated heterocycles. The summed E-state index contributed by atoms with van der Waals surface area (Å²) in [5.41, 5.74) is 1.02. The largest absolute Gasteiger partial charge is 0.350 e. The molecule has 21 heavy (non-hydrogen) atoms. The number of carbonyl (C=O) groups excluding carboxylic acids is 2. The van der Waals surface area contributed by atoms with Crippen molar-refractivity contribution >= 4 is 28.8 Å². The Morgan fingerprint density at radius 3 is 2.57 bits per heavy atom. The number of hydrogen-bond acceptors (Lipinski definition) is 3. The van der Waals surface area contributed by atoms with Crippen molar-refractivity contribution in [2.45, 2.75) is 26.3 Å². The summed E-state index contributed by atoms with van der Waals surface area (Å²) >= 11 is 1.54. The molecule has 0 bridgehead atoms. The van der Waals surface area contributed by atoms with Crippen LogP contribution >= 0.6 is 11.3 Å². The van der Waals surface area contributed by atoms with Crippen LogP contribution in [0.3, 0.4) is 0 Å². The Morgan fingerprint density at radius 1 is 1.14 bits per heavy atom. The van der Waals surface area contributed by atoms with E-state index in [0.717, 1.165) is 4.88 Å². The van der Waals surface area contributed by atoms with Crippen molar-refractivity contribution in [1.29, 1.82) is 0 Å². The Morgan fingerprint density at radius 2 is 1.90 bits per heavy atom. The van der Waals surface area contributed by atoms with Crippen LogP contribution in [0.25, 0.3) is 0 Å². The lowest BCUT2D eigenvalue weighted by molar-refractivity contribution is -0.115. The van der Waals surface area contributed by atoms with Gasteiger partial charge in [0.05, 0.1) is 17.7 Å². The molecule has 0 spiro atoms. The minimum absolute atomic E-state index is 0.0485. The van der Waals surface area contributed by atoms with Gasteiger partial charge in [-0.25, -0.2) is 0 Å². The predicted octanol–water partition coefficient (Wildman–Crippen LogP) is 3.07. The molecule has 2 aromatic rings. The zero-order valence-electron chi connectivity index (χ0n) is 12.1. The lowest BCUT2D eigenvalue weighted by Crippen LogP contribution is -2.31. The molecule has 0 atom stereocenters. The maximum atomic E-state index is 12.1. The molecule has 0 aliphatic rings. The van der Waals surface area contributed by atoms with Crippen LogP contribution in [-0.4, -0.2) is 17.9 Å². The van der Waals surface area contributed by atoms with Gasteiger partial charge in [-0.15, -0.1) is 11.3 Å². The van der Waals surface area contributed by atoms with E-state index in [1.807, 2.05) is 31.4 Å². The second kappa shape index (κ2) is 7.04. The summed E-state index contributed by atoms with van der Waals surface area (Å²) in [6.45, 7) is 3.80. The molecule has 0 aliphatic carbocycles. The smallest absolute Gasteiger partial charge is 0.253 e. The molecule has 110 valence electrons. The zero-order chi connectivity index (χ0) is 15.2. The molecule has 0 unspecified atom stereocenters. The second-order valence-corrected chi connectivity index (χ2v) is 6.01. The number of thiophene rings is 1. The van der Waals surface area contributed by atoms with E-state index >= 15 is 0 Å². The maximum Gasteiger partial charge on any atom is 0.253 e. The second-order valence-electron chi connectivity index (χ2n) is 4.98. The Balaban J connectivity index is 2.09. The average Bonchev–Trinajstić information content (AvgIpc) is 2.91. The first-order valence-corrected chi connectivity index (χ1v) is 7.66. The van der Waals surface area contributed by atoms with Gasteiger partial charge in [-0.05, 0) is 37.4 Å². The maximum absolute atomic E-state index is 12.1. The van der Waals surface area contributed by atoms with Crippen LogP contribution in [0.2, 0.25) is 0 Å². The number of amides is 2. The minimum Gasteiger partial charge on any atom is -0.350 e. The van der Waals surface area contributed by atoms with Gasteiger partial charge in [0.15, 0.2) is 0 Å². The fourth-order valence-electron chi connectivity index (χ4n) is 1.90. The Labute approximate surface area is 128 Å². The highest BCUT2D eigenvalue weighted by atomic mass is 32.1. The molecule has 0 radical (unpaired) electrons. The van der Waals surface area contributed by atoms with Gasteiger partial charge in [0, 0.05) is 10.9 Å². The quantitative estimate of drug-likeness (QED) is 0.892. The van der Waals surface area contributed by atoms with Crippen LogP contribution in [-0.2, 0) is 11.2 Å². The fraction of sp³-hybridized carbons (Fsp3) is 0.250. The van der Waals surface area contributed by atoms with Crippen LogP contribution in [0.4, 0.5) is 5.69 Å². The third kappa shape index (κ3) is 4.43. The van der Waals surface area contributed by atoms with Gasteiger partial charge < -0.3 is 10.6 Å². The van der Waals surface area contributed by atoms with Gasteiger partial charge in [-0.2, -0.15) is 0 Å². The van der Waals surface area contributed by atoms with Crippen molar-refractivity contribution in [3.8, 4) is 0 Å². The van der Waals surface area contributed by atoms with Crippen molar-refractivity contribution in [2.75, 3.05) is 5.32 Å². The van der Waals surface area contributed by atoms with Crippen molar-refractivity contribution in [2.24, 2.45) is 0 Å². The lowest BCUT2D eigenvalue weighted by Gasteiger charge is -2.13. The molecule has 0 fully saturated rings. The molecular formula is C16H18N2O2S. The highest BCUT2D eigenvalue weighted by Crippen LogP contribution is 2.16. The van der Waals surface area contributed by atoms with Gasteiger partial charge >= 0.3 is 0 Å². The monoisotopic (exact) mass is 302 g/mol. The summed E-state index contributed by atoms with van der Waals surface area (Å²) in [6.07, 6.45) is 0.317. The molecule has 2 amide bonds. The number of carbonyl (C=O) groups is 2. The van der Waals surface area contributed by atoms with E-state index in [0.29, 0.717) is 17.7 Å². The van der Waals surface area contributed by atoms with Gasteiger partial charge in [0.2, 0.25) is 5.91 Å². The van der Waals surface area contributed by atoms with Crippen LogP contribution in [0.1, 0.15) is 29.1 Å². The summed E-state index contributed by atoms with van der Waals surface area (Å²) in [7, 11) is 0. The van der Waals surface area contributed by atoms with Gasteiger partial charge in [-0.3, -0.25) is 9.59 Å². The van der Waals surface area contributed by atoms with E-state index in [1.54, 1.807) is 35.6 Å². The first-order chi connectivity index (χ1) is 10.1. The predicted molar refractivity (Wildman–Crippen MR) is 85.7 cm³/mol. The summed E-state index contributed by atoms with van der Waals surface area (Å²) in [4.78, 5) is 25.2. The molecule has 2 N–H and O–H groups in total. The van der Waals surface area contributed by atoms with Gasteiger partial charge in [0.1, 0.15) is 0 Å². The van der Waals surface area contributed by atoms with Crippen LogP contribution < -0.4 is 10.6 Å². The number of anilines is 1. The summed E-state index contributed by atoms with van der Waals surface area (Å²) < 4.78 is 0. The summed E-state index contributed by atoms with van der Waals surface area (Å²) in [6, 6.07) is 10.9. The van der Waals surface area contributed by atoms with Crippen LogP contribution in [0, 0.1) is 0 Å². The van der Waals surface area contributed by atoms with Crippen molar-refractivity contribution in [3.05, 3.63) is 52.2 Å². The minimum atomic E-state index is -0.183. The van der Waals surface area contributed by atoms with E-state index in [9.17, 15) is 9.59 Å². The standard InChI is InChI=1S/C16H18N2O2S/c1-11(2)17-16(20)13-7-3-4-8-14(13)18-15(19)10-12-6-5-9-21-12/h3-9,11H,10H2,1-2H3,(H,17,20)(H,18,19). The number of para-hydroxylation sites is 1. The normalized spacial score (nSPS) is 10.4. The molecule has 0 aliphatic heterocycles. The molecular weight excluding hydrogens is 284 g/mol. The molecule has 1 aromatic carbocycles. The first-order valence-electron chi connectivity index (χ1n) is 6.78. The first kappa shape index (κ1) is 15.3. The fourth-order valence-corrected chi connectivity index (χ4v) is 2.60. The van der Waals surface area contributed by atoms with E-state index in [1.165, 1.54) is 0 Å². The third-order valence-electron chi connectivity index (χ3n) is 2.78. The molecule has 1 heterocycles. The summed E-state index contributed by atoms with van der Waals surface area (Å²) in [5, 5.41) is 7.58. The zero-order valence-corrected chi connectivity index (χ0v) is 12.9. The molecule has 4 nitrogen and oxygen atoms in total. The molecule has 1 aromatic heterocycles. The Hall–Kier alpha value is -2.14. The van der Waals surface area contributed by atoms with E-state index in [-0.39, 0.29) is 17.9 Å². The third-order valence-corrected chi connectivity index (χ3v) is 3.66.